The minimum atomic E-state index is 0.0353. The fraction of sp³-hybridized carbons (Fsp3) is 0.429. The van der Waals surface area contributed by atoms with Crippen LogP contribution in [0.25, 0.3) is 21.9 Å². The van der Waals surface area contributed by atoms with Gasteiger partial charge >= 0.3 is 0 Å². The average Bonchev–Trinajstić information content (AvgIpc) is 3.72. The number of carbonyl (C=O) groups excluding carboxylic acids is 1. The maximum Gasteiger partial charge on any atom is 0.225 e. The Hall–Kier alpha value is -3.50. The Morgan fingerprint density at radius 1 is 1.23 bits per heavy atom. The van der Waals surface area contributed by atoms with E-state index in [4.69, 9.17) is 9.72 Å². The molecule has 1 saturated carbocycles. The maximum atomic E-state index is 12.6. The van der Waals surface area contributed by atoms with E-state index in [0.29, 0.717) is 44.1 Å². The number of amides is 1. The average molecular weight is 470 g/mol. The Morgan fingerprint density at radius 2 is 2.03 bits per heavy atom. The number of nitriles is 1. The fourth-order valence-electron chi connectivity index (χ4n) is 5.23. The third-order valence-corrected chi connectivity index (χ3v) is 7.24. The lowest BCUT2D eigenvalue weighted by atomic mass is 9.91. The van der Waals surface area contributed by atoms with E-state index < -0.39 is 0 Å². The second-order valence-electron chi connectivity index (χ2n) is 9.61. The summed E-state index contributed by atoms with van der Waals surface area (Å²) in [7, 11) is 1.61. The van der Waals surface area contributed by atoms with Gasteiger partial charge in [-0.15, -0.1) is 0 Å². The van der Waals surface area contributed by atoms with Crippen molar-refractivity contribution in [1.82, 2.24) is 14.9 Å². The van der Waals surface area contributed by atoms with Crippen molar-refractivity contribution in [2.24, 2.45) is 0 Å². The van der Waals surface area contributed by atoms with Crippen LogP contribution in [-0.4, -0.2) is 60.2 Å². The molecule has 7 heteroatoms. The molecule has 1 unspecified atom stereocenters. The quantitative estimate of drug-likeness (QED) is 0.531. The highest BCUT2D eigenvalue weighted by molar-refractivity contribution is 5.98. The van der Waals surface area contributed by atoms with Crippen molar-refractivity contribution >= 4 is 22.5 Å². The Bertz CT molecular complexity index is 1310. The summed E-state index contributed by atoms with van der Waals surface area (Å²) in [5, 5.41) is 12.5. The van der Waals surface area contributed by atoms with Gasteiger partial charge < -0.3 is 14.5 Å². The molecule has 2 aliphatic rings. The predicted molar refractivity (Wildman–Crippen MR) is 136 cm³/mol. The Morgan fingerprint density at radius 3 is 2.74 bits per heavy atom. The van der Waals surface area contributed by atoms with Gasteiger partial charge in [0, 0.05) is 67.6 Å². The molecular weight excluding hydrogens is 438 g/mol. The number of fused-ring (bicyclic) bond motifs is 1. The number of rotatable bonds is 6. The van der Waals surface area contributed by atoms with E-state index in [1.807, 2.05) is 36.4 Å². The number of ether oxygens (including phenoxy) is 1. The normalized spacial score (nSPS) is 18.1. The molecule has 0 N–H and O–H groups in total. The van der Waals surface area contributed by atoms with Crippen molar-refractivity contribution in [2.75, 3.05) is 38.3 Å². The number of piperazine rings is 1. The molecule has 3 heterocycles. The standard InChI is InChI=1S/C28H31N5O2/c1-18-17-32(11-12-33(18)25(34)10-13-35-3)28-23(14-29)19(2)26(27(31-28)20-8-9-20)24-16-30-15-21-6-4-5-7-22(21)24/h4-7,15-16,18,20H,8-13,17H2,1-3H3. The molecule has 2 fully saturated rings. The van der Waals surface area contributed by atoms with Gasteiger partial charge in [0.25, 0.3) is 0 Å². The highest BCUT2D eigenvalue weighted by atomic mass is 16.5. The lowest BCUT2D eigenvalue weighted by Crippen LogP contribution is -2.54. The van der Waals surface area contributed by atoms with Crippen molar-refractivity contribution in [3.05, 3.63) is 53.5 Å². The lowest BCUT2D eigenvalue weighted by Gasteiger charge is -2.41. The highest BCUT2D eigenvalue weighted by Gasteiger charge is 2.34. The van der Waals surface area contributed by atoms with E-state index in [2.05, 4.69) is 35.0 Å². The van der Waals surface area contributed by atoms with Crippen LogP contribution in [0.15, 0.2) is 36.7 Å². The Kier molecular flexibility index (Phi) is 6.40. The molecule has 1 atom stereocenters. The molecule has 5 rings (SSSR count). The SMILES string of the molecule is COCCC(=O)N1CCN(c2nc(C3CC3)c(-c3cncc4ccccc34)c(C)c2C#N)CC1C. The zero-order chi connectivity index (χ0) is 24.5. The van der Waals surface area contributed by atoms with Crippen molar-refractivity contribution < 1.29 is 9.53 Å². The lowest BCUT2D eigenvalue weighted by molar-refractivity contribution is -0.134. The zero-order valence-corrected chi connectivity index (χ0v) is 20.6. The van der Waals surface area contributed by atoms with Crippen molar-refractivity contribution in [3.8, 4) is 17.2 Å². The van der Waals surface area contributed by atoms with E-state index in [-0.39, 0.29) is 11.9 Å². The van der Waals surface area contributed by atoms with E-state index in [1.165, 1.54) is 0 Å². The molecule has 1 aliphatic heterocycles. The largest absolute Gasteiger partial charge is 0.384 e. The first-order chi connectivity index (χ1) is 17.0. The van der Waals surface area contributed by atoms with Gasteiger partial charge in [0.2, 0.25) is 5.91 Å². The molecule has 1 aromatic carbocycles. The molecule has 3 aromatic rings. The molecule has 35 heavy (non-hydrogen) atoms. The van der Waals surface area contributed by atoms with Gasteiger partial charge in [0.1, 0.15) is 11.9 Å². The van der Waals surface area contributed by atoms with E-state index in [9.17, 15) is 10.1 Å². The number of methoxy groups -OCH3 is 1. The van der Waals surface area contributed by atoms with Gasteiger partial charge in [-0.3, -0.25) is 9.78 Å². The minimum Gasteiger partial charge on any atom is -0.384 e. The number of hydrogen-bond donors (Lipinski definition) is 0. The summed E-state index contributed by atoms with van der Waals surface area (Å²) >= 11 is 0. The molecule has 0 radical (unpaired) electrons. The summed E-state index contributed by atoms with van der Waals surface area (Å²) in [6.45, 7) is 6.46. The monoisotopic (exact) mass is 469 g/mol. The van der Waals surface area contributed by atoms with Crippen LogP contribution < -0.4 is 4.90 Å². The summed E-state index contributed by atoms with van der Waals surface area (Å²) in [5.74, 6) is 1.27. The molecule has 2 aromatic heterocycles. The smallest absolute Gasteiger partial charge is 0.225 e. The number of hydrogen-bond acceptors (Lipinski definition) is 6. The van der Waals surface area contributed by atoms with Crippen LogP contribution in [0.4, 0.5) is 5.82 Å². The third kappa shape index (κ3) is 4.35. The number of anilines is 1. The number of nitrogens with zero attached hydrogens (tertiary/aromatic N) is 5. The molecule has 1 saturated heterocycles. The molecule has 0 spiro atoms. The molecule has 1 aliphatic carbocycles. The van der Waals surface area contributed by atoms with Gasteiger partial charge in [-0.05, 0) is 37.6 Å². The van der Waals surface area contributed by atoms with Crippen LogP contribution in [-0.2, 0) is 9.53 Å². The van der Waals surface area contributed by atoms with Crippen LogP contribution >= 0.6 is 0 Å². The first-order valence-corrected chi connectivity index (χ1v) is 12.3. The summed E-state index contributed by atoms with van der Waals surface area (Å²) < 4.78 is 5.08. The fourth-order valence-corrected chi connectivity index (χ4v) is 5.23. The van der Waals surface area contributed by atoms with Crippen LogP contribution in [0.1, 0.15) is 48.9 Å². The van der Waals surface area contributed by atoms with Gasteiger partial charge in [0.15, 0.2) is 0 Å². The molecule has 1 amide bonds. The Labute approximate surface area is 206 Å². The van der Waals surface area contributed by atoms with Crippen molar-refractivity contribution in [2.45, 2.75) is 45.1 Å². The van der Waals surface area contributed by atoms with Crippen LogP contribution in [0.2, 0.25) is 0 Å². The van der Waals surface area contributed by atoms with E-state index in [0.717, 1.165) is 51.8 Å². The second kappa shape index (κ2) is 9.63. The highest BCUT2D eigenvalue weighted by Crippen LogP contribution is 2.47. The van der Waals surface area contributed by atoms with E-state index in [1.54, 1.807) is 7.11 Å². The predicted octanol–water partition coefficient (Wildman–Crippen LogP) is 4.43. The van der Waals surface area contributed by atoms with Gasteiger partial charge in [-0.1, -0.05) is 24.3 Å². The number of aromatic nitrogens is 2. The van der Waals surface area contributed by atoms with Crippen molar-refractivity contribution in [1.29, 1.82) is 5.26 Å². The minimum absolute atomic E-state index is 0.0353. The topological polar surface area (TPSA) is 82.3 Å². The van der Waals surface area contributed by atoms with Crippen LogP contribution in [0.3, 0.4) is 0 Å². The zero-order valence-electron chi connectivity index (χ0n) is 20.6. The Balaban J connectivity index is 1.55. The second-order valence-corrected chi connectivity index (χ2v) is 9.61. The first-order valence-electron chi connectivity index (χ1n) is 12.3. The maximum absolute atomic E-state index is 12.6. The van der Waals surface area contributed by atoms with Crippen LogP contribution in [0.5, 0.6) is 0 Å². The van der Waals surface area contributed by atoms with Crippen LogP contribution in [0, 0.1) is 18.3 Å². The first kappa shape index (κ1) is 23.3. The molecule has 180 valence electrons. The van der Waals surface area contributed by atoms with Gasteiger partial charge in [0.05, 0.1) is 24.3 Å². The molecule has 0 bridgehead atoms. The number of carbonyl (C=O) groups is 1. The van der Waals surface area contributed by atoms with Crippen molar-refractivity contribution in [3.63, 3.8) is 0 Å². The summed E-state index contributed by atoms with van der Waals surface area (Å²) in [6, 6.07) is 10.7. The van der Waals surface area contributed by atoms with Gasteiger partial charge in [-0.2, -0.15) is 5.26 Å². The number of pyridine rings is 2. The summed E-state index contributed by atoms with van der Waals surface area (Å²) in [6.07, 6.45) is 6.40. The summed E-state index contributed by atoms with van der Waals surface area (Å²) in [4.78, 5) is 26.4. The molecular formula is C28H31N5O2. The van der Waals surface area contributed by atoms with E-state index >= 15 is 0 Å². The van der Waals surface area contributed by atoms with Gasteiger partial charge in [-0.25, -0.2) is 4.98 Å². The summed E-state index contributed by atoms with van der Waals surface area (Å²) in [5.41, 5.74) is 4.74. The third-order valence-electron chi connectivity index (χ3n) is 7.24. The number of benzene rings is 1. The molecule has 7 nitrogen and oxygen atoms in total.